The fourth-order valence-electron chi connectivity index (χ4n) is 4.97. The van der Waals surface area contributed by atoms with E-state index in [4.69, 9.17) is 9.47 Å². The van der Waals surface area contributed by atoms with Gasteiger partial charge in [0.25, 0.3) is 5.16 Å². The van der Waals surface area contributed by atoms with Gasteiger partial charge in [-0.15, -0.1) is 5.10 Å². The van der Waals surface area contributed by atoms with Gasteiger partial charge in [-0.25, -0.2) is 8.42 Å². The van der Waals surface area contributed by atoms with Crippen molar-refractivity contribution in [3.63, 3.8) is 0 Å². The van der Waals surface area contributed by atoms with Crippen LogP contribution < -0.4 is 0 Å². The van der Waals surface area contributed by atoms with Gasteiger partial charge in [-0.05, 0) is 80.9 Å². The summed E-state index contributed by atoms with van der Waals surface area (Å²) in [5, 5.41) is 23.8. The zero-order valence-electron chi connectivity index (χ0n) is 29.4. The van der Waals surface area contributed by atoms with Gasteiger partial charge in [-0.3, -0.25) is 0 Å². The average Bonchev–Trinajstić information content (AvgIpc) is 3.87. The summed E-state index contributed by atoms with van der Waals surface area (Å²) in [5.74, 6) is 1.53. The number of aromatic nitrogens is 8. The number of rotatable bonds is 18. The Bertz CT molecular complexity index is 1980. The molecule has 2 heterocycles. The number of thioether (sulfide) groups is 1. The van der Waals surface area contributed by atoms with E-state index in [1.165, 1.54) is 10.2 Å². The van der Waals surface area contributed by atoms with Crippen LogP contribution in [0.4, 0.5) is 0 Å². The minimum absolute atomic E-state index is 0. The Morgan fingerprint density at radius 2 is 1.06 bits per heavy atom. The molecule has 0 unspecified atom stereocenters. The SMILES string of the molecule is C.C.C[C@@H](CCS(=O)(=O)c1nnnn1-c1ccccc1)COCc1ccccc1.C[C@@H](CCSc1nnnn1-c1ccccc1)COCc1ccccc1. The van der Waals surface area contributed by atoms with Crippen LogP contribution in [0.25, 0.3) is 11.4 Å². The summed E-state index contributed by atoms with van der Waals surface area (Å²) < 4.78 is 39.9. The van der Waals surface area contributed by atoms with Crippen LogP contribution in [0, 0.1) is 11.8 Å². The number of para-hydroxylation sites is 2. The van der Waals surface area contributed by atoms with Crippen molar-refractivity contribution in [3.05, 3.63) is 132 Å². The predicted molar refractivity (Wildman–Crippen MR) is 214 cm³/mol. The third-order valence-electron chi connectivity index (χ3n) is 7.91. The molecule has 0 saturated carbocycles. The average molecular weight is 773 g/mol. The van der Waals surface area contributed by atoms with Crippen molar-refractivity contribution in [2.24, 2.45) is 11.8 Å². The third-order valence-corrected chi connectivity index (χ3v) is 10.4. The normalized spacial score (nSPS) is 12.0. The largest absolute Gasteiger partial charge is 0.376 e. The molecule has 0 fully saturated rings. The molecule has 0 N–H and O–H groups in total. The number of tetrazole rings is 2. The summed E-state index contributed by atoms with van der Waals surface area (Å²) in [5.41, 5.74) is 3.90. The summed E-state index contributed by atoms with van der Waals surface area (Å²) >= 11 is 1.68. The third kappa shape index (κ3) is 13.9. The highest BCUT2D eigenvalue weighted by atomic mass is 32.2. The molecule has 6 rings (SSSR count). The van der Waals surface area contributed by atoms with Crippen molar-refractivity contribution in [1.82, 2.24) is 40.4 Å². The van der Waals surface area contributed by atoms with Gasteiger partial charge in [0.1, 0.15) is 0 Å². The maximum absolute atomic E-state index is 12.7. The lowest BCUT2D eigenvalue weighted by Crippen LogP contribution is -2.17. The van der Waals surface area contributed by atoms with Gasteiger partial charge in [-0.2, -0.15) is 9.36 Å². The molecule has 0 amide bonds. The van der Waals surface area contributed by atoms with E-state index in [1.807, 2.05) is 91.9 Å². The first kappa shape index (κ1) is 43.6. The zero-order chi connectivity index (χ0) is 36.4. The maximum atomic E-state index is 12.7. The monoisotopic (exact) mass is 772 g/mol. The van der Waals surface area contributed by atoms with E-state index in [2.05, 4.69) is 50.1 Å². The van der Waals surface area contributed by atoms with E-state index in [0.29, 0.717) is 37.8 Å². The topological polar surface area (TPSA) is 140 Å². The maximum Gasteiger partial charge on any atom is 0.272 e. The van der Waals surface area contributed by atoms with Gasteiger partial charge in [0, 0.05) is 19.0 Å². The van der Waals surface area contributed by atoms with Crippen LogP contribution in [0.5, 0.6) is 0 Å². The molecule has 0 spiro atoms. The second-order valence-electron chi connectivity index (χ2n) is 12.4. The molecule has 4 aromatic carbocycles. The lowest BCUT2D eigenvalue weighted by atomic mass is 10.1. The number of benzene rings is 4. The number of ether oxygens (including phenoxy) is 2. The van der Waals surface area contributed by atoms with Crippen molar-refractivity contribution >= 4 is 21.6 Å². The van der Waals surface area contributed by atoms with Crippen LogP contribution in [0.1, 0.15) is 52.7 Å². The van der Waals surface area contributed by atoms with Crippen molar-refractivity contribution in [2.75, 3.05) is 24.7 Å². The highest BCUT2D eigenvalue weighted by molar-refractivity contribution is 7.99. The molecule has 0 aliphatic carbocycles. The van der Waals surface area contributed by atoms with Gasteiger partial charge in [0.2, 0.25) is 15.0 Å². The second kappa shape index (κ2) is 23.1. The van der Waals surface area contributed by atoms with Crippen molar-refractivity contribution in [2.45, 2.75) is 65.1 Å². The molecular formula is C40H52N8O4S2. The van der Waals surface area contributed by atoms with Crippen LogP contribution in [0.15, 0.2) is 132 Å². The molecule has 0 aliphatic heterocycles. The Morgan fingerprint density at radius 1 is 0.611 bits per heavy atom. The van der Waals surface area contributed by atoms with Gasteiger partial charge >= 0.3 is 0 Å². The summed E-state index contributed by atoms with van der Waals surface area (Å²) in [6.45, 7) is 6.63. The molecule has 2 aromatic heterocycles. The zero-order valence-corrected chi connectivity index (χ0v) is 31.0. The predicted octanol–water partition coefficient (Wildman–Crippen LogP) is 7.95. The van der Waals surface area contributed by atoms with Crippen LogP contribution in [0.2, 0.25) is 0 Å². The number of hydrogen-bond acceptors (Lipinski definition) is 11. The number of nitrogens with zero attached hydrogens (tertiary/aromatic N) is 8. The van der Waals surface area contributed by atoms with Crippen LogP contribution in [-0.2, 0) is 32.5 Å². The van der Waals surface area contributed by atoms with E-state index in [9.17, 15) is 8.42 Å². The van der Waals surface area contributed by atoms with Crippen molar-refractivity contribution in [3.8, 4) is 11.4 Å². The lowest BCUT2D eigenvalue weighted by molar-refractivity contribution is 0.0912. The van der Waals surface area contributed by atoms with Crippen molar-refractivity contribution in [1.29, 1.82) is 0 Å². The smallest absolute Gasteiger partial charge is 0.272 e. The minimum atomic E-state index is -3.60. The van der Waals surface area contributed by atoms with E-state index in [0.717, 1.165) is 35.2 Å². The minimum Gasteiger partial charge on any atom is -0.376 e. The molecule has 288 valence electrons. The van der Waals surface area contributed by atoms with Crippen LogP contribution >= 0.6 is 11.8 Å². The number of sulfone groups is 1. The van der Waals surface area contributed by atoms with E-state index >= 15 is 0 Å². The molecule has 0 aliphatic rings. The summed E-state index contributed by atoms with van der Waals surface area (Å²) in [6.07, 6.45) is 1.53. The Labute approximate surface area is 324 Å². The Hall–Kier alpha value is -4.76. The molecule has 12 nitrogen and oxygen atoms in total. The first-order valence-electron chi connectivity index (χ1n) is 17.2. The quantitative estimate of drug-likeness (QED) is 0.0787. The Balaban J connectivity index is 0.000000281. The first-order valence-corrected chi connectivity index (χ1v) is 19.8. The highest BCUT2D eigenvalue weighted by Crippen LogP contribution is 2.21. The summed E-state index contributed by atoms with van der Waals surface area (Å²) in [4.78, 5) is 0. The van der Waals surface area contributed by atoms with E-state index < -0.39 is 9.84 Å². The fourth-order valence-corrected chi connectivity index (χ4v) is 7.50. The summed E-state index contributed by atoms with van der Waals surface area (Å²) in [7, 11) is -3.60. The van der Waals surface area contributed by atoms with E-state index in [-0.39, 0.29) is 31.7 Å². The van der Waals surface area contributed by atoms with Gasteiger partial charge in [0.15, 0.2) is 0 Å². The molecule has 6 aromatic rings. The molecular weight excluding hydrogens is 721 g/mol. The van der Waals surface area contributed by atoms with Crippen LogP contribution in [-0.4, -0.2) is 73.6 Å². The fraction of sp³-hybridized carbons (Fsp3) is 0.350. The Morgan fingerprint density at radius 3 is 1.59 bits per heavy atom. The lowest BCUT2D eigenvalue weighted by Gasteiger charge is -2.12. The molecule has 2 atom stereocenters. The van der Waals surface area contributed by atoms with E-state index in [1.54, 1.807) is 40.7 Å². The van der Waals surface area contributed by atoms with Crippen LogP contribution in [0.3, 0.4) is 0 Å². The molecule has 0 bridgehead atoms. The Kier molecular flexibility index (Phi) is 18.7. The first-order chi connectivity index (χ1) is 25.4. The summed E-state index contributed by atoms with van der Waals surface area (Å²) in [6, 6.07) is 39.1. The standard InChI is InChI=1S/C19H22N4O3S.C19H22N4OS.2CH4/c1-16(14-26-15-17-8-4-2-5-9-17)12-13-27(24,25)19-20-21-22-23(19)18-10-6-3-7-11-18;1-16(14-24-15-17-8-4-2-5-9-17)12-13-25-19-20-21-22-23(19)18-10-6-3-7-11-18;;/h2-11,16H,12-15H2,1H3;2-11,16H,12-15H2,1H3;2*1H4/t2*16-;;/m00../s1. The second-order valence-corrected chi connectivity index (χ2v) is 15.4. The van der Waals surface area contributed by atoms with Gasteiger partial charge < -0.3 is 9.47 Å². The molecule has 0 radical (unpaired) electrons. The molecule has 54 heavy (non-hydrogen) atoms. The van der Waals surface area contributed by atoms with Gasteiger partial charge in [-0.1, -0.05) is 143 Å². The molecule has 14 heteroatoms. The number of hydrogen-bond donors (Lipinski definition) is 0. The van der Waals surface area contributed by atoms with Gasteiger partial charge in [0.05, 0.1) is 30.3 Å². The van der Waals surface area contributed by atoms with Crippen molar-refractivity contribution < 1.29 is 17.9 Å². The highest BCUT2D eigenvalue weighted by Gasteiger charge is 2.24. The molecule has 0 saturated heterocycles.